The first-order chi connectivity index (χ1) is 7.40. The van der Waals surface area contributed by atoms with Crippen LogP contribution < -0.4 is 0 Å². The Morgan fingerprint density at radius 2 is 1.94 bits per heavy atom. The van der Waals surface area contributed by atoms with Crippen LogP contribution in [0.15, 0.2) is 18.7 Å². The van der Waals surface area contributed by atoms with Crippen LogP contribution in [-0.4, -0.2) is 0 Å². The molecule has 0 aromatic heterocycles. The summed E-state index contributed by atoms with van der Waals surface area (Å²) in [6.45, 7) is 7.10. The van der Waals surface area contributed by atoms with E-state index in [2.05, 4.69) is 6.58 Å². The van der Waals surface area contributed by atoms with Gasteiger partial charge in [0.25, 0.3) is 0 Å². The summed E-state index contributed by atoms with van der Waals surface area (Å²) in [6.07, 6.45) is -1.68. The topological polar surface area (TPSA) is 0 Å². The standard InChI is InChI=1S/C13H15F3/c1-4-6-11-9(3)7-10(5-2)8-12(11)13(14,15)16/h5,7-8H,2,4,6H2,1,3H3. The van der Waals surface area contributed by atoms with Gasteiger partial charge in [-0.15, -0.1) is 0 Å². The van der Waals surface area contributed by atoms with Crippen molar-refractivity contribution in [3.63, 3.8) is 0 Å². The normalized spacial score (nSPS) is 11.6. The molecule has 0 unspecified atom stereocenters. The molecule has 0 amide bonds. The number of hydrogen-bond donors (Lipinski definition) is 0. The van der Waals surface area contributed by atoms with Gasteiger partial charge in [-0.25, -0.2) is 0 Å². The van der Waals surface area contributed by atoms with Crippen LogP contribution in [0.25, 0.3) is 6.08 Å². The van der Waals surface area contributed by atoms with E-state index in [9.17, 15) is 13.2 Å². The van der Waals surface area contributed by atoms with E-state index in [1.54, 1.807) is 13.0 Å². The van der Waals surface area contributed by atoms with E-state index in [-0.39, 0.29) is 0 Å². The highest BCUT2D eigenvalue weighted by atomic mass is 19.4. The Kier molecular flexibility index (Phi) is 3.79. The van der Waals surface area contributed by atoms with Gasteiger partial charge < -0.3 is 0 Å². The van der Waals surface area contributed by atoms with Crippen LogP contribution in [0.3, 0.4) is 0 Å². The molecule has 0 bridgehead atoms. The van der Waals surface area contributed by atoms with Crippen molar-refractivity contribution in [2.24, 2.45) is 0 Å². The lowest BCUT2D eigenvalue weighted by Crippen LogP contribution is -2.11. The van der Waals surface area contributed by atoms with E-state index in [0.29, 0.717) is 29.5 Å². The molecule has 0 aliphatic heterocycles. The van der Waals surface area contributed by atoms with Crippen LogP contribution >= 0.6 is 0 Å². The second kappa shape index (κ2) is 4.73. The van der Waals surface area contributed by atoms with Crippen molar-refractivity contribution in [1.82, 2.24) is 0 Å². The van der Waals surface area contributed by atoms with Crippen molar-refractivity contribution in [2.45, 2.75) is 32.9 Å². The lowest BCUT2D eigenvalue weighted by molar-refractivity contribution is -0.138. The zero-order valence-corrected chi connectivity index (χ0v) is 9.49. The van der Waals surface area contributed by atoms with Gasteiger partial charge in [-0.1, -0.05) is 32.1 Å². The third-order valence-corrected chi connectivity index (χ3v) is 2.54. The molecule has 0 aliphatic carbocycles. The monoisotopic (exact) mass is 228 g/mol. The smallest absolute Gasteiger partial charge is 0.166 e. The molecule has 3 heteroatoms. The summed E-state index contributed by atoms with van der Waals surface area (Å²) < 4.78 is 38.5. The van der Waals surface area contributed by atoms with Crippen LogP contribution in [-0.2, 0) is 12.6 Å². The first kappa shape index (κ1) is 12.8. The van der Waals surface area contributed by atoms with Gasteiger partial charge in [0.2, 0.25) is 0 Å². The fourth-order valence-corrected chi connectivity index (χ4v) is 1.80. The second-order valence-electron chi connectivity index (χ2n) is 3.82. The summed E-state index contributed by atoms with van der Waals surface area (Å²) in [7, 11) is 0. The zero-order valence-electron chi connectivity index (χ0n) is 9.49. The zero-order chi connectivity index (χ0) is 12.3. The van der Waals surface area contributed by atoms with Gasteiger partial charge in [0.1, 0.15) is 0 Å². The molecule has 1 aromatic carbocycles. The average Bonchev–Trinajstić information content (AvgIpc) is 2.19. The highest BCUT2D eigenvalue weighted by molar-refractivity contribution is 5.53. The fourth-order valence-electron chi connectivity index (χ4n) is 1.80. The molecule has 16 heavy (non-hydrogen) atoms. The Bertz CT molecular complexity index is 389. The molecule has 0 fully saturated rings. The van der Waals surface area contributed by atoms with Gasteiger partial charge in [-0.2, -0.15) is 13.2 Å². The van der Waals surface area contributed by atoms with Crippen LogP contribution in [0.5, 0.6) is 0 Å². The van der Waals surface area contributed by atoms with E-state index in [1.165, 1.54) is 12.1 Å². The first-order valence-electron chi connectivity index (χ1n) is 5.23. The Hall–Kier alpha value is -1.25. The minimum absolute atomic E-state index is 0.403. The predicted octanol–water partition coefficient (Wildman–Crippen LogP) is 4.61. The first-order valence-corrected chi connectivity index (χ1v) is 5.23. The SMILES string of the molecule is C=Cc1cc(C)c(CCC)c(C(F)(F)F)c1. The molecule has 0 radical (unpaired) electrons. The Morgan fingerprint density at radius 3 is 2.38 bits per heavy atom. The van der Waals surface area contributed by atoms with Crippen molar-refractivity contribution < 1.29 is 13.2 Å². The number of halogens is 3. The maximum atomic E-state index is 12.8. The number of aryl methyl sites for hydroxylation is 1. The number of benzene rings is 1. The van der Waals surface area contributed by atoms with Crippen LogP contribution in [0.2, 0.25) is 0 Å². The summed E-state index contributed by atoms with van der Waals surface area (Å²) in [5, 5.41) is 0. The minimum Gasteiger partial charge on any atom is -0.166 e. The molecule has 0 N–H and O–H groups in total. The quantitative estimate of drug-likeness (QED) is 0.708. The summed E-state index contributed by atoms with van der Waals surface area (Å²) >= 11 is 0. The van der Waals surface area contributed by atoms with Crippen molar-refractivity contribution in [3.8, 4) is 0 Å². The summed E-state index contributed by atoms with van der Waals surface area (Å²) in [5.74, 6) is 0. The number of rotatable bonds is 3. The lowest BCUT2D eigenvalue weighted by Gasteiger charge is -2.16. The third-order valence-electron chi connectivity index (χ3n) is 2.54. The molecule has 0 nitrogen and oxygen atoms in total. The molecule has 1 aromatic rings. The maximum Gasteiger partial charge on any atom is 0.416 e. The van der Waals surface area contributed by atoms with E-state index in [0.717, 1.165) is 0 Å². The van der Waals surface area contributed by atoms with E-state index >= 15 is 0 Å². The van der Waals surface area contributed by atoms with Crippen LogP contribution in [0.4, 0.5) is 13.2 Å². The number of hydrogen-bond acceptors (Lipinski definition) is 0. The Morgan fingerprint density at radius 1 is 1.31 bits per heavy atom. The molecule has 0 spiro atoms. The van der Waals surface area contributed by atoms with Crippen LogP contribution in [0, 0.1) is 6.92 Å². The van der Waals surface area contributed by atoms with E-state index in [1.807, 2.05) is 6.92 Å². The van der Waals surface area contributed by atoms with E-state index in [4.69, 9.17) is 0 Å². The largest absolute Gasteiger partial charge is 0.416 e. The third kappa shape index (κ3) is 2.65. The molecule has 88 valence electrons. The molecule has 0 saturated heterocycles. The van der Waals surface area contributed by atoms with Crippen molar-refractivity contribution in [3.05, 3.63) is 41.0 Å². The second-order valence-corrected chi connectivity index (χ2v) is 3.82. The summed E-state index contributed by atoms with van der Waals surface area (Å²) in [6, 6.07) is 2.91. The van der Waals surface area contributed by atoms with Crippen molar-refractivity contribution >= 4 is 6.08 Å². The highest BCUT2D eigenvalue weighted by Gasteiger charge is 2.33. The molecule has 0 heterocycles. The molecular formula is C13H15F3. The minimum atomic E-state index is -4.28. The Labute approximate surface area is 93.8 Å². The predicted molar refractivity (Wildman–Crippen MR) is 60.3 cm³/mol. The maximum absolute atomic E-state index is 12.8. The van der Waals surface area contributed by atoms with Gasteiger partial charge in [-0.3, -0.25) is 0 Å². The van der Waals surface area contributed by atoms with Gasteiger partial charge in [0.05, 0.1) is 5.56 Å². The van der Waals surface area contributed by atoms with Crippen LogP contribution in [0.1, 0.15) is 35.6 Å². The van der Waals surface area contributed by atoms with Gasteiger partial charge >= 0.3 is 6.18 Å². The molecule has 1 rings (SSSR count). The van der Waals surface area contributed by atoms with Gasteiger partial charge in [0, 0.05) is 0 Å². The Balaban J connectivity index is 3.40. The van der Waals surface area contributed by atoms with Gasteiger partial charge in [0.15, 0.2) is 0 Å². The summed E-state index contributed by atoms with van der Waals surface area (Å²) in [5.41, 5.74) is 1.08. The average molecular weight is 228 g/mol. The van der Waals surface area contributed by atoms with Crippen molar-refractivity contribution in [2.75, 3.05) is 0 Å². The van der Waals surface area contributed by atoms with Gasteiger partial charge in [-0.05, 0) is 36.1 Å². The molecule has 0 aliphatic rings. The molecule has 0 saturated carbocycles. The van der Waals surface area contributed by atoms with Crippen molar-refractivity contribution in [1.29, 1.82) is 0 Å². The highest BCUT2D eigenvalue weighted by Crippen LogP contribution is 2.35. The lowest BCUT2D eigenvalue weighted by atomic mass is 9.95. The molecular weight excluding hydrogens is 213 g/mol. The molecule has 0 atom stereocenters. The van der Waals surface area contributed by atoms with E-state index < -0.39 is 11.7 Å². The summed E-state index contributed by atoms with van der Waals surface area (Å²) in [4.78, 5) is 0. The fraction of sp³-hybridized carbons (Fsp3) is 0.385. The number of alkyl halides is 3.